The van der Waals surface area contributed by atoms with Crippen molar-refractivity contribution in [3.63, 3.8) is 0 Å². The van der Waals surface area contributed by atoms with Crippen molar-refractivity contribution in [1.29, 1.82) is 5.26 Å². The van der Waals surface area contributed by atoms with E-state index >= 15 is 0 Å². The van der Waals surface area contributed by atoms with Crippen molar-refractivity contribution < 1.29 is 4.79 Å². The zero-order chi connectivity index (χ0) is 15.9. The summed E-state index contributed by atoms with van der Waals surface area (Å²) in [7, 11) is 0. The quantitative estimate of drug-likeness (QED) is 0.684. The van der Waals surface area contributed by atoms with E-state index in [0.29, 0.717) is 12.3 Å². The van der Waals surface area contributed by atoms with Gasteiger partial charge in [0.15, 0.2) is 0 Å². The van der Waals surface area contributed by atoms with Crippen molar-refractivity contribution in [3.8, 4) is 17.3 Å². The summed E-state index contributed by atoms with van der Waals surface area (Å²) >= 11 is 1.55. The third-order valence-corrected chi connectivity index (χ3v) is 3.88. The predicted molar refractivity (Wildman–Crippen MR) is 87.4 cm³/mol. The number of carbonyl (C=O) groups is 1. The summed E-state index contributed by atoms with van der Waals surface area (Å²) in [6.45, 7) is 4.15. The second-order valence-corrected chi connectivity index (χ2v) is 6.10. The fraction of sp³-hybridized carbons (Fsp3) is 0.400. The number of nitriles is 1. The Kier molecular flexibility index (Phi) is 5.55. The molecular formula is C15H19N5OS. The van der Waals surface area contributed by atoms with Crippen LogP contribution in [0.15, 0.2) is 23.0 Å². The van der Waals surface area contributed by atoms with Gasteiger partial charge in [0.05, 0.1) is 17.5 Å². The molecule has 1 atom stereocenters. The molecule has 2 aromatic rings. The highest BCUT2D eigenvalue weighted by atomic mass is 32.1. The fourth-order valence-corrected chi connectivity index (χ4v) is 2.94. The summed E-state index contributed by atoms with van der Waals surface area (Å²) in [6.07, 6.45) is 2.45. The highest BCUT2D eigenvalue weighted by Gasteiger charge is 2.21. The Morgan fingerprint density at radius 1 is 1.50 bits per heavy atom. The Balaban J connectivity index is 2.15. The van der Waals surface area contributed by atoms with E-state index < -0.39 is 0 Å². The van der Waals surface area contributed by atoms with E-state index in [0.717, 1.165) is 16.9 Å². The van der Waals surface area contributed by atoms with Gasteiger partial charge in [0.2, 0.25) is 5.91 Å². The second kappa shape index (κ2) is 7.61. The third kappa shape index (κ3) is 4.09. The smallest absolute Gasteiger partial charge is 0.243 e. The molecule has 0 saturated heterocycles. The SMILES string of the molecule is CC(C)C[C@H](Nc1cscc1-c1cc[nH]n1)C(=O)NCC#N. The topological polar surface area (TPSA) is 93.6 Å². The van der Waals surface area contributed by atoms with Gasteiger partial charge in [-0.2, -0.15) is 10.4 Å². The Hall–Kier alpha value is -2.33. The third-order valence-electron chi connectivity index (χ3n) is 3.13. The average molecular weight is 317 g/mol. The van der Waals surface area contributed by atoms with Gasteiger partial charge in [0.25, 0.3) is 0 Å². The van der Waals surface area contributed by atoms with Gasteiger partial charge in [0.1, 0.15) is 12.6 Å². The van der Waals surface area contributed by atoms with Crippen LogP contribution in [0.1, 0.15) is 20.3 Å². The van der Waals surface area contributed by atoms with Crippen LogP contribution >= 0.6 is 11.3 Å². The van der Waals surface area contributed by atoms with Crippen LogP contribution in [0.4, 0.5) is 5.69 Å². The molecule has 0 aliphatic carbocycles. The van der Waals surface area contributed by atoms with Gasteiger partial charge in [-0.3, -0.25) is 9.89 Å². The number of thiophene rings is 1. The van der Waals surface area contributed by atoms with Gasteiger partial charge in [0, 0.05) is 22.5 Å². The molecule has 0 saturated carbocycles. The zero-order valence-electron chi connectivity index (χ0n) is 12.6. The number of hydrogen-bond donors (Lipinski definition) is 3. The molecule has 0 aliphatic heterocycles. The molecule has 0 aliphatic rings. The van der Waals surface area contributed by atoms with Crippen molar-refractivity contribution >= 4 is 22.9 Å². The molecule has 0 fully saturated rings. The molecule has 6 nitrogen and oxygen atoms in total. The van der Waals surface area contributed by atoms with Gasteiger partial charge in [-0.1, -0.05) is 13.8 Å². The lowest BCUT2D eigenvalue weighted by Crippen LogP contribution is -2.40. The Bertz CT molecular complexity index is 641. The van der Waals surface area contributed by atoms with Gasteiger partial charge >= 0.3 is 0 Å². The molecule has 2 aromatic heterocycles. The standard InChI is InChI=1S/C15H19N5OS/c1-10(2)7-13(15(21)17-6-4-16)19-14-9-22-8-11(14)12-3-5-18-20-12/h3,5,8-10,13,19H,6-7H2,1-2H3,(H,17,21)(H,18,20)/t13-/m0/s1. The van der Waals surface area contributed by atoms with Gasteiger partial charge in [-0.05, 0) is 18.4 Å². The lowest BCUT2D eigenvalue weighted by atomic mass is 10.0. The average Bonchev–Trinajstić information content (AvgIpc) is 3.13. The lowest BCUT2D eigenvalue weighted by Gasteiger charge is -2.20. The van der Waals surface area contributed by atoms with Crippen LogP contribution in [0, 0.1) is 17.2 Å². The molecule has 7 heteroatoms. The summed E-state index contributed by atoms with van der Waals surface area (Å²) in [5.41, 5.74) is 2.69. The number of nitrogens with one attached hydrogen (secondary N) is 3. The maximum Gasteiger partial charge on any atom is 0.243 e. The molecule has 0 aromatic carbocycles. The van der Waals surface area contributed by atoms with Crippen LogP contribution in [-0.2, 0) is 4.79 Å². The van der Waals surface area contributed by atoms with Crippen LogP contribution in [0.25, 0.3) is 11.3 Å². The number of aromatic amines is 1. The molecular weight excluding hydrogens is 298 g/mol. The van der Waals surface area contributed by atoms with E-state index in [-0.39, 0.29) is 18.5 Å². The molecule has 116 valence electrons. The van der Waals surface area contributed by atoms with Crippen molar-refractivity contribution in [2.45, 2.75) is 26.3 Å². The van der Waals surface area contributed by atoms with Gasteiger partial charge < -0.3 is 10.6 Å². The second-order valence-electron chi connectivity index (χ2n) is 5.36. The lowest BCUT2D eigenvalue weighted by molar-refractivity contribution is -0.121. The Morgan fingerprint density at radius 3 is 2.95 bits per heavy atom. The monoisotopic (exact) mass is 317 g/mol. The molecule has 3 N–H and O–H groups in total. The fourth-order valence-electron chi connectivity index (χ4n) is 2.16. The summed E-state index contributed by atoms with van der Waals surface area (Å²) in [6, 6.07) is 3.44. The van der Waals surface area contributed by atoms with Crippen LogP contribution in [0.2, 0.25) is 0 Å². The minimum Gasteiger partial charge on any atom is -0.372 e. The van der Waals surface area contributed by atoms with Crippen molar-refractivity contribution in [2.75, 3.05) is 11.9 Å². The first kappa shape index (κ1) is 16.0. The summed E-state index contributed by atoms with van der Waals surface area (Å²) in [4.78, 5) is 12.2. The molecule has 0 spiro atoms. The number of carbonyl (C=O) groups excluding carboxylic acids is 1. The van der Waals surface area contributed by atoms with Crippen molar-refractivity contribution in [2.24, 2.45) is 5.92 Å². The molecule has 0 bridgehead atoms. The molecule has 2 rings (SSSR count). The number of anilines is 1. The zero-order valence-corrected chi connectivity index (χ0v) is 13.4. The van der Waals surface area contributed by atoms with Crippen LogP contribution in [0.3, 0.4) is 0 Å². The summed E-state index contributed by atoms with van der Waals surface area (Å²) in [5, 5.41) is 25.5. The first-order valence-electron chi connectivity index (χ1n) is 7.09. The Labute approximate surface area is 133 Å². The first-order chi connectivity index (χ1) is 10.6. The number of H-pyrrole nitrogens is 1. The van der Waals surface area contributed by atoms with Gasteiger partial charge in [-0.25, -0.2) is 0 Å². The molecule has 2 heterocycles. The van der Waals surface area contributed by atoms with E-state index in [1.54, 1.807) is 17.5 Å². The molecule has 0 unspecified atom stereocenters. The molecule has 1 amide bonds. The van der Waals surface area contributed by atoms with Crippen molar-refractivity contribution in [3.05, 3.63) is 23.0 Å². The van der Waals surface area contributed by atoms with Gasteiger partial charge in [-0.15, -0.1) is 11.3 Å². The summed E-state index contributed by atoms with van der Waals surface area (Å²) < 4.78 is 0. The van der Waals surface area contributed by atoms with Crippen LogP contribution < -0.4 is 10.6 Å². The number of hydrogen-bond acceptors (Lipinski definition) is 5. The minimum atomic E-state index is -0.374. The van der Waals surface area contributed by atoms with Crippen molar-refractivity contribution in [1.82, 2.24) is 15.5 Å². The van der Waals surface area contributed by atoms with E-state index in [4.69, 9.17) is 5.26 Å². The number of amides is 1. The highest BCUT2D eigenvalue weighted by Crippen LogP contribution is 2.31. The highest BCUT2D eigenvalue weighted by molar-refractivity contribution is 7.08. The Morgan fingerprint density at radius 2 is 2.32 bits per heavy atom. The van der Waals surface area contributed by atoms with Crippen LogP contribution in [0.5, 0.6) is 0 Å². The maximum absolute atomic E-state index is 12.2. The first-order valence-corrected chi connectivity index (χ1v) is 8.03. The number of aromatic nitrogens is 2. The van der Waals surface area contributed by atoms with E-state index in [2.05, 4.69) is 34.7 Å². The number of nitrogens with zero attached hydrogens (tertiary/aromatic N) is 2. The van der Waals surface area contributed by atoms with Crippen LogP contribution in [-0.4, -0.2) is 28.7 Å². The number of rotatable bonds is 7. The summed E-state index contributed by atoms with van der Waals surface area (Å²) in [5.74, 6) is 0.201. The predicted octanol–water partition coefficient (Wildman–Crippen LogP) is 2.60. The minimum absolute atomic E-state index is 0.0188. The normalized spacial score (nSPS) is 11.9. The molecule has 0 radical (unpaired) electrons. The largest absolute Gasteiger partial charge is 0.372 e. The van der Waals surface area contributed by atoms with E-state index in [1.165, 1.54) is 0 Å². The van der Waals surface area contributed by atoms with E-state index in [1.807, 2.05) is 22.9 Å². The van der Waals surface area contributed by atoms with E-state index in [9.17, 15) is 4.79 Å². The maximum atomic E-state index is 12.2. The molecule has 22 heavy (non-hydrogen) atoms.